The zero-order chi connectivity index (χ0) is 15.0. The summed E-state index contributed by atoms with van der Waals surface area (Å²) in [5.74, 6) is 0. The van der Waals surface area contributed by atoms with Crippen LogP contribution in [0.1, 0.15) is 45.1 Å². The van der Waals surface area contributed by atoms with E-state index >= 15 is 0 Å². The van der Waals surface area contributed by atoms with Crippen LogP contribution in [-0.4, -0.2) is 18.7 Å². The third-order valence-electron chi connectivity index (χ3n) is 4.07. The molecule has 0 saturated heterocycles. The quantitative estimate of drug-likeness (QED) is 0.899. The highest BCUT2D eigenvalue weighted by Crippen LogP contribution is 2.37. The summed E-state index contributed by atoms with van der Waals surface area (Å²) in [4.78, 5) is 13.8. The molecule has 0 radical (unpaired) electrons. The Labute approximate surface area is 119 Å². The second-order valence-electron chi connectivity index (χ2n) is 6.41. The number of nitrogens with one attached hydrogen (secondary N) is 2. The number of hydrogen-bond donors (Lipinski definition) is 2. The number of aromatic amines is 1. The lowest BCUT2D eigenvalue weighted by molar-refractivity contribution is 0.246. The van der Waals surface area contributed by atoms with E-state index in [4.69, 9.17) is 0 Å². The lowest BCUT2D eigenvalue weighted by Gasteiger charge is -2.33. The summed E-state index contributed by atoms with van der Waals surface area (Å²) >= 11 is 0. The molecule has 1 aromatic rings. The van der Waals surface area contributed by atoms with Gasteiger partial charge in [0.2, 0.25) is 10.0 Å². The van der Waals surface area contributed by atoms with Gasteiger partial charge >= 0.3 is 0 Å². The fourth-order valence-electron chi connectivity index (χ4n) is 2.59. The van der Waals surface area contributed by atoms with E-state index in [2.05, 4.69) is 23.6 Å². The van der Waals surface area contributed by atoms with E-state index in [1.54, 1.807) is 13.0 Å². The molecule has 1 aromatic heterocycles. The zero-order valence-corrected chi connectivity index (χ0v) is 13.0. The smallest absolute Gasteiger partial charge is 0.250 e. The van der Waals surface area contributed by atoms with Crippen molar-refractivity contribution in [1.29, 1.82) is 0 Å². The normalized spacial score (nSPS) is 19.8. The van der Waals surface area contributed by atoms with Crippen LogP contribution in [0.15, 0.2) is 17.1 Å². The van der Waals surface area contributed by atoms with Gasteiger partial charge in [-0.2, -0.15) is 0 Å². The first-order chi connectivity index (χ1) is 9.20. The minimum Gasteiger partial charge on any atom is -0.327 e. The lowest BCUT2D eigenvalue weighted by Crippen LogP contribution is -2.34. The average molecular weight is 298 g/mol. The maximum absolute atomic E-state index is 12.4. The van der Waals surface area contributed by atoms with Gasteiger partial charge in [-0.15, -0.1) is 0 Å². The van der Waals surface area contributed by atoms with Crippen LogP contribution in [0.25, 0.3) is 0 Å². The summed E-state index contributed by atoms with van der Waals surface area (Å²) in [5, 5.41) is -0.345. The van der Waals surface area contributed by atoms with E-state index in [1.807, 2.05) is 0 Å². The Bertz CT molecular complexity index is 637. The molecule has 5 nitrogen and oxygen atoms in total. The number of anilines is 1. The second-order valence-corrected chi connectivity index (χ2v) is 8.37. The Morgan fingerprint density at radius 2 is 1.90 bits per heavy atom. The van der Waals surface area contributed by atoms with E-state index in [-0.39, 0.29) is 16.2 Å². The van der Waals surface area contributed by atoms with Crippen molar-refractivity contribution in [3.63, 3.8) is 0 Å². The molecule has 112 valence electrons. The maximum atomic E-state index is 12.4. The zero-order valence-electron chi connectivity index (χ0n) is 12.2. The van der Waals surface area contributed by atoms with E-state index < -0.39 is 10.0 Å². The maximum Gasteiger partial charge on any atom is 0.250 e. The summed E-state index contributed by atoms with van der Waals surface area (Å²) < 4.78 is 27.3. The van der Waals surface area contributed by atoms with Crippen LogP contribution >= 0.6 is 0 Å². The number of pyridine rings is 1. The van der Waals surface area contributed by atoms with Gasteiger partial charge in [0.15, 0.2) is 0 Å². The molecule has 1 saturated carbocycles. The number of aromatic nitrogens is 1. The van der Waals surface area contributed by atoms with Gasteiger partial charge in [-0.3, -0.25) is 9.52 Å². The van der Waals surface area contributed by atoms with Gasteiger partial charge in [0.05, 0.1) is 10.9 Å². The van der Waals surface area contributed by atoms with Crippen LogP contribution in [0.5, 0.6) is 0 Å². The molecular formula is C14H22N2O3S. The van der Waals surface area contributed by atoms with E-state index in [0.717, 1.165) is 12.8 Å². The summed E-state index contributed by atoms with van der Waals surface area (Å²) in [5.41, 5.74) is 0.954. The summed E-state index contributed by atoms with van der Waals surface area (Å²) in [6.07, 6.45) is 4.61. The monoisotopic (exact) mass is 298 g/mol. The Hall–Kier alpha value is -1.30. The van der Waals surface area contributed by atoms with Crippen molar-refractivity contribution in [1.82, 2.24) is 4.98 Å². The van der Waals surface area contributed by atoms with Gasteiger partial charge in [0.1, 0.15) is 0 Å². The van der Waals surface area contributed by atoms with Crippen LogP contribution < -0.4 is 10.3 Å². The number of H-pyrrole nitrogens is 1. The molecule has 20 heavy (non-hydrogen) atoms. The lowest BCUT2D eigenvalue weighted by atomic mass is 9.77. The van der Waals surface area contributed by atoms with Gasteiger partial charge in [-0.1, -0.05) is 13.8 Å². The molecule has 0 atom stereocenters. The van der Waals surface area contributed by atoms with Crippen LogP contribution in [0.2, 0.25) is 0 Å². The number of aryl methyl sites for hydroxylation is 1. The fourth-order valence-corrected chi connectivity index (χ4v) is 4.06. The van der Waals surface area contributed by atoms with Crippen molar-refractivity contribution in [3.8, 4) is 0 Å². The molecule has 0 amide bonds. The molecule has 0 aliphatic heterocycles. The summed E-state index contributed by atoms with van der Waals surface area (Å²) in [6.45, 7) is 6.00. The van der Waals surface area contributed by atoms with Crippen molar-refractivity contribution in [3.05, 3.63) is 28.2 Å². The van der Waals surface area contributed by atoms with Crippen molar-refractivity contribution < 1.29 is 8.42 Å². The highest BCUT2D eigenvalue weighted by Gasteiger charge is 2.34. The van der Waals surface area contributed by atoms with Crippen LogP contribution in [0.4, 0.5) is 5.69 Å². The van der Waals surface area contributed by atoms with E-state index in [1.165, 1.54) is 6.20 Å². The van der Waals surface area contributed by atoms with Crippen LogP contribution in [-0.2, 0) is 10.0 Å². The first kappa shape index (κ1) is 15.1. The second kappa shape index (κ2) is 5.24. The average Bonchev–Trinajstić information content (AvgIpc) is 2.33. The highest BCUT2D eigenvalue weighted by atomic mass is 32.2. The Balaban J connectivity index is 2.11. The first-order valence-electron chi connectivity index (χ1n) is 6.91. The predicted molar refractivity (Wildman–Crippen MR) is 80.4 cm³/mol. The van der Waals surface area contributed by atoms with Crippen molar-refractivity contribution in [2.75, 3.05) is 4.72 Å². The fraction of sp³-hybridized carbons (Fsp3) is 0.643. The van der Waals surface area contributed by atoms with Gasteiger partial charge in [-0.25, -0.2) is 8.42 Å². The topological polar surface area (TPSA) is 79.0 Å². The SMILES string of the molecule is Cc1cc(NS(=O)(=O)C2CCC(C)(C)CC2)c[nH]c1=O. The summed E-state index contributed by atoms with van der Waals surface area (Å²) in [6, 6.07) is 1.56. The van der Waals surface area contributed by atoms with Gasteiger partial charge in [0.25, 0.3) is 5.56 Å². The Morgan fingerprint density at radius 1 is 1.30 bits per heavy atom. The molecular weight excluding hydrogens is 276 g/mol. The van der Waals surface area contributed by atoms with Crippen molar-refractivity contribution in [2.45, 2.75) is 51.7 Å². The predicted octanol–water partition coefficient (Wildman–Crippen LogP) is 2.39. The van der Waals surface area contributed by atoms with Gasteiger partial charge in [-0.05, 0) is 44.1 Å². The molecule has 2 rings (SSSR count). The van der Waals surface area contributed by atoms with Crippen LogP contribution in [0, 0.1) is 12.3 Å². The first-order valence-corrected chi connectivity index (χ1v) is 8.45. The molecule has 0 bridgehead atoms. The Morgan fingerprint density at radius 3 is 2.45 bits per heavy atom. The van der Waals surface area contributed by atoms with E-state index in [9.17, 15) is 13.2 Å². The molecule has 0 unspecified atom stereocenters. The third kappa shape index (κ3) is 3.42. The largest absolute Gasteiger partial charge is 0.327 e. The molecule has 0 aromatic carbocycles. The van der Waals surface area contributed by atoms with Gasteiger partial charge < -0.3 is 4.98 Å². The number of sulfonamides is 1. The minimum atomic E-state index is -3.39. The van der Waals surface area contributed by atoms with Crippen molar-refractivity contribution in [2.24, 2.45) is 5.41 Å². The number of hydrogen-bond acceptors (Lipinski definition) is 3. The minimum absolute atomic E-state index is 0.202. The third-order valence-corrected chi connectivity index (χ3v) is 5.94. The molecule has 6 heteroatoms. The molecule has 1 aliphatic rings. The van der Waals surface area contributed by atoms with E-state index in [0.29, 0.717) is 24.1 Å². The summed E-state index contributed by atoms with van der Waals surface area (Å²) in [7, 11) is -3.39. The van der Waals surface area contributed by atoms with Gasteiger partial charge in [0, 0.05) is 11.8 Å². The standard InChI is InChI=1S/C14H22N2O3S/c1-10-8-11(9-15-13(10)17)16-20(18,19)12-4-6-14(2,3)7-5-12/h8-9,12,16H,4-7H2,1-3H3,(H,15,17). The molecule has 0 spiro atoms. The molecule has 1 fully saturated rings. The Kier molecular flexibility index (Phi) is 3.95. The highest BCUT2D eigenvalue weighted by molar-refractivity contribution is 7.93. The number of rotatable bonds is 3. The molecule has 1 heterocycles. The van der Waals surface area contributed by atoms with Crippen LogP contribution in [0.3, 0.4) is 0 Å². The van der Waals surface area contributed by atoms with Crippen molar-refractivity contribution >= 4 is 15.7 Å². The molecule has 2 N–H and O–H groups in total. The molecule has 1 aliphatic carbocycles.